The number of likely N-dealkylation sites (tertiary alicyclic amines) is 1. The minimum absolute atomic E-state index is 0.00546. The Labute approximate surface area is 107 Å². The molecular weight excluding hydrogens is 236 g/mol. The van der Waals surface area contributed by atoms with Crippen molar-refractivity contribution in [3.8, 4) is 0 Å². The molecule has 6 heteroatoms. The van der Waals surface area contributed by atoms with Crippen molar-refractivity contribution in [2.75, 3.05) is 33.4 Å². The zero-order valence-corrected chi connectivity index (χ0v) is 10.7. The van der Waals surface area contributed by atoms with Gasteiger partial charge >= 0.3 is 5.97 Å². The van der Waals surface area contributed by atoms with Crippen LogP contribution in [0.4, 0.5) is 0 Å². The molecule has 0 aromatic carbocycles. The number of rotatable bonds is 3. The van der Waals surface area contributed by atoms with E-state index in [1.165, 1.54) is 7.11 Å². The summed E-state index contributed by atoms with van der Waals surface area (Å²) in [5.41, 5.74) is 0. The lowest BCUT2D eigenvalue weighted by Gasteiger charge is -2.27. The molecule has 2 fully saturated rings. The fourth-order valence-electron chi connectivity index (χ4n) is 2.53. The van der Waals surface area contributed by atoms with E-state index in [0.717, 1.165) is 13.0 Å². The first kappa shape index (κ1) is 13.3. The molecule has 0 aromatic heterocycles. The van der Waals surface area contributed by atoms with Crippen LogP contribution in [0.2, 0.25) is 0 Å². The Morgan fingerprint density at radius 2 is 2.33 bits per heavy atom. The first-order chi connectivity index (χ1) is 8.72. The van der Waals surface area contributed by atoms with Gasteiger partial charge in [-0.1, -0.05) is 0 Å². The minimum atomic E-state index is -0.396. The molecule has 1 N–H and O–H groups in total. The summed E-state index contributed by atoms with van der Waals surface area (Å²) in [5.74, 6) is -0.306. The van der Waals surface area contributed by atoms with Crippen LogP contribution in [0.1, 0.15) is 19.3 Å². The molecule has 2 atom stereocenters. The Balaban J connectivity index is 1.89. The fraction of sp³-hybridized carbons (Fsp3) is 0.833. The Hall–Kier alpha value is -1.14. The van der Waals surface area contributed by atoms with Crippen LogP contribution >= 0.6 is 0 Å². The van der Waals surface area contributed by atoms with E-state index in [0.29, 0.717) is 32.6 Å². The summed E-state index contributed by atoms with van der Waals surface area (Å²) in [7, 11) is 1.36. The van der Waals surface area contributed by atoms with Crippen LogP contribution in [-0.4, -0.2) is 62.3 Å². The van der Waals surface area contributed by atoms with E-state index >= 15 is 0 Å². The maximum absolute atomic E-state index is 12.2. The summed E-state index contributed by atoms with van der Waals surface area (Å²) in [6.07, 6.45) is 1.95. The van der Waals surface area contributed by atoms with Crippen molar-refractivity contribution in [3.63, 3.8) is 0 Å². The van der Waals surface area contributed by atoms with E-state index < -0.39 is 6.04 Å². The van der Waals surface area contributed by atoms with Crippen molar-refractivity contribution in [2.45, 2.75) is 31.3 Å². The van der Waals surface area contributed by atoms with Gasteiger partial charge in [0.1, 0.15) is 6.04 Å². The van der Waals surface area contributed by atoms with Crippen LogP contribution in [-0.2, 0) is 19.1 Å². The number of nitrogens with zero attached hydrogens (tertiary/aromatic N) is 1. The Kier molecular flexibility index (Phi) is 4.54. The maximum atomic E-state index is 12.2. The summed E-state index contributed by atoms with van der Waals surface area (Å²) in [6, 6.07) is -0.336. The smallest absolute Gasteiger partial charge is 0.328 e. The highest BCUT2D eigenvalue weighted by atomic mass is 16.5. The lowest BCUT2D eigenvalue weighted by molar-refractivity contribution is -0.151. The Morgan fingerprint density at radius 3 is 3.00 bits per heavy atom. The van der Waals surface area contributed by atoms with Crippen molar-refractivity contribution in [1.29, 1.82) is 0 Å². The average molecular weight is 256 g/mol. The second-order valence-electron chi connectivity index (χ2n) is 4.70. The van der Waals surface area contributed by atoms with Gasteiger partial charge in [0.05, 0.1) is 20.3 Å². The molecule has 0 radical (unpaired) electrons. The van der Waals surface area contributed by atoms with E-state index in [9.17, 15) is 9.59 Å². The lowest BCUT2D eigenvalue weighted by atomic mass is 10.1. The number of esters is 1. The molecule has 2 rings (SSSR count). The SMILES string of the molecule is COC(=O)C1CCCN1C(=O)CC1COCCN1. The first-order valence-corrected chi connectivity index (χ1v) is 6.41. The molecule has 1 amide bonds. The van der Waals surface area contributed by atoms with Gasteiger partial charge in [-0.2, -0.15) is 0 Å². The van der Waals surface area contributed by atoms with Crippen molar-refractivity contribution >= 4 is 11.9 Å². The van der Waals surface area contributed by atoms with E-state index in [1.54, 1.807) is 4.90 Å². The summed E-state index contributed by atoms with van der Waals surface area (Å²) in [4.78, 5) is 25.4. The third kappa shape index (κ3) is 3.00. The number of amides is 1. The quantitative estimate of drug-likeness (QED) is 0.691. The van der Waals surface area contributed by atoms with Crippen LogP contribution in [0.5, 0.6) is 0 Å². The van der Waals surface area contributed by atoms with Crippen molar-refractivity contribution in [2.24, 2.45) is 0 Å². The van der Waals surface area contributed by atoms with Crippen LogP contribution in [0.25, 0.3) is 0 Å². The van der Waals surface area contributed by atoms with Gasteiger partial charge < -0.3 is 19.7 Å². The number of hydrogen-bond donors (Lipinski definition) is 1. The zero-order valence-electron chi connectivity index (χ0n) is 10.7. The number of carbonyl (C=O) groups excluding carboxylic acids is 2. The monoisotopic (exact) mass is 256 g/mol. The summed E-state index contributed by atoms with van der Waals surface area (Å²) in [5, 5.41) is 3.24. The highest BCUT2D eigenvalue weighted by molar-refractivity contribution is 5.85. The highest BCUT2D eigenvalue weighted by Crippen LogP contribution is 2.20. The van der Waals surface area contributed by atoms with Gasteiger partial charge in [0, 0.05) is 25.6 Å². The molecule has 2 heterocycles. The maximum Gasteiger partial charge on any atom is 0.328 e. The second-order valence-corrected chi connectivity index (χ2v) is 4.70. The number of nitrogens with one attached hydrogen (secondary N) is 1. The lowest BCUT2D eigenvalue weighted by Crippen LogP contribution is -2.47. The average Bonchev–Trinajstić information content (AvgIpc) is 2.88. The van der Waals surface area contributed by atoms with Crippen molar-refractivity contribution in [1.82, 2.24) is 10.2 Å². The molecular formula is C12H20N2O4. The van der Waals surface area contributed by atoms with Gasteiger partial charge in [0.2, 0.25) is 5.91 Å². The molecule has 6 nitrogen and oxygen atoms in total. The predicted molar refractivity (Wildman–Crippen MR) is 64.0 cm³/mol. The topological polar surface area (TPSA) is 67.9 Å². The molecule has 2 aliphatic heterocycles. The van der Waals surface area contributed by atoms with Crippen LogP contribution in [0.3, 0.4) is 0 Å². The largest absolute Gasteiger partial charge is 0.467 e. The molecule has 0 spiro atoms. The molecule has 102 valence electrons. The zero-order chi connectivity index (χ0) is 13.0. The van der Waals surface area contributed by atoms with E-state index in [-0.39, 0.29) is 17.9 Å². The summed E-state index contributed by atoms with van der Waals surface area (Å²) < 4.78 is 10.0. The second kappa shape index (κ2) is 6.15. The summed E-state index contributed by atoms with van der Waals surface area (Å²) in [6.45, 7) is 2.67. The standard InChI is InChI=1S/C12H20N2O4/c1-17-12(16)10-3-2-5-14(10)11(15)7-9-8-18-6-4-13-9/h9-10,13H,2-8H2,1H3. The molecule has 2 saturated heterocycles. The van der Waals surface area contributed by atoms with Gasteiger partial charge in [0.15, 0.2) is 0 Å². The molecule has 0 saturated carbocycles. The number of methoxy groups -OCH3 is 1. The third-order valence-electron chi connectivity index (χ3n) is 3.47. The normalized spacial score (nSPS) is 28.2. The molecule has 0 aliphatic carbocycles. The number of ether oxygens (including phenoxy) is 2. The van der Waals surface area contributed by atoms with Gasteiger partial charge in [0.25, 0.3) is 0 Å². The van der Waals surface area contributed by atoms with Crippen LogP contribution in [0.15, 0.2) is 0 Å². The van der Waals surface area contributed by atoms with Crippen LogP contribution < -0.4 is 5.32 Å². The Morgan fingerprint density at radius 1 is 1.50 bits per heavy atom. The number of carbonyl (C=O) groups is 2. The minimum Gasteiger partial charge on any atom is -0.467 e. The fourth-order valence-corrected chi connectivity index (χ4v) is 2.53. The molecule has 0 bridgehead atoms. The van der Waals surface area contributed by atoms with Crippen molar-refractivity contribution in [3.05, 3.63) is 0 Å². The highest BCUT2D eigenvalue weighted by Gasteiger charge is 2.35. The van der Waals surface area contributed by atoms with Crippen LogP contribution in [0, 0.1) is 0 Å². The molecule has 0 aromatic rings. The van der Waals surface area contributed by atoms with E-state index in [4.69, 9.17) is 9.47 Å². The van der Waals surface area contributed by atoms with Gasteiger partial charge in [-0.25, -0.2) is 4.79 Å². The van der Waals surface area contributed by atoms with Gasteiger partial charge in [-0.3, -0.25) is 4.79 Å². The van der Waals surface area contributed by atoms with E-state index in [2.05, 4.69) is 5.32 Å². The van der Waals surface area contributed by atoms with Gasteiger partial charge in [-0.15, -0.1) is 0 Å². The van der Waals surface area contributed by atoms with Gasteiger partial charge in [-0.05, 0) is 12.8 Å². The summed E-state index contributed by atoms with van der Waals surface area (Å²) >= 11 is 0. The first-order valence-electron chi connectivity index (χ1n) is 6.41. The Bertz CT molecular complexity index is 315. The number of hydrogen-bond acceptors (Lipinski definition) is 5. The van der Waals surface area contributed by atoms with E-state index in [1.807, 2.05) is 0 Å². The van der Waals surface area contributed by atoms with Crippen molar-refractivity contribution < 1.29 is 19.1 Å². The predicted octanol–water partition coefficient (Wildman–Crippen LogP) is -0.471. The molecule has 2 aliphatic rings. The molecule has 18 heavy (non-hydrogen) atoms. The molecule has 2 unspecified atom stereocenters. The third-order valence-corrected chi connectivity index (χ3v) is 3.47. The number of morpholine rings is 1.